The van der Waals surface area contributed by atoms with Gasteiger partial charge in [-0.25, -0.2) is 5.10 Å². The van der Waals surface area contributed by atoms with Gasteiger partial charge in [-0.2, -0.15) is 10.1 Å². The monoisotopic (exact) mass is 199 g/mol. The molecule has 0 unspecified atom stereocenters. The standard InChI is InChI=1S/C7H6ClN3S/c1-4-2-3-5(12-4)6-9-7(8)11-10-6/h2-3H,1H3,(H,9,10,11). The van der Waals surface area contributed by atoms with Crippen molar-refractivity contribution in [3.63, 3.8) is 0 Å². The van der Waals surface area contributed by atoms with Crippen molar-refractivity contribution in [2.45, 2.75) is 6.92 Å². The molecule has 2 aromatic heterocycles. The summed E-state index contributed by atoms with van der Waals surface area (Å²) in [5.74, 6) is 0.665. The first-order valence-corrected chi connectivity index (χ1v) is 4.60. The summed E-state index contributed by atoms with van der Waals surface area (Å²) < 4.78 is 0. The van der Waals surface area contributed by atoms with E-state index in [0.29, 0.717) is 11.1 Å². The zero-order valence-electron chi connectivity index (χ0n) is 6.34. The van der Waals surface area contributed by atoms with Gasteiger partial charge in [-0.05, 0) is 30.7 Å². The fraction of sp³-hybridized carbons (Fsp3) is 0.143. The average molecular weight is 200 g/mol. The van der Waals surface area contributed by atoms with Crippen molar-refractivity contribution in [3.05, 3.63) is 22.3 Å². The number of H-pyrrole nitrogens is 1. The molecule has 3 nitrogen and oxygen atoms in total. The van der Waals surface area contributed by atoms with Crippen LogP contribution >= 0.6 is 22.9 Å². The maximum Gasteiger partial charge on any atom is 0.218 e. The van der Waals surface area contributed by atoms with Gasteiger partial charge in [0.25, 0.3) is 0 Å². The van der Waals surface area contributed by atoms with E-state index in [4.69, 9.17) is 11.6 Å². The predicted molar refractivity (Wildman–Crippen MR) is 49.4 cm³/mol. The highest BCUT2D eigenvalue weighted by atomic mass is 35.5. The van der Waals surface area contributed by atoms with Crippen molar-refractivity contribution in [1.29, 1.82) is 0 Å². The van der Waals surface area contributed by atoms with Gasteiger partial charge in [0.05, 0.1) is 4.88 Å². The van der Waals surface area contributed by atoms with E-state index in [1.54, 1.807) is 11.3 Å². The first-order valence-electron chi connectivity index (χ1n) is 3.40. The third-order valence-electron chi connectivity index (χ3n) is 1.42. The van der Waals surface area contributed by atoms with Crippen LogP contribution in [0.15, 0.2) is 12.1 Å². The van der Waals surface area contributed by atoms with Gasteiger partial charge in [0.2, 0.25) is 5.28 Å². The average Bonchev–Trinajstić information content (AvgIpc) is 2.58. The first-order chi connectivity index (χ1) is 5.75. The summed E-state index contributed by atoms with van der Waals surface area (Å²) in [4.78, 5) is 6.28. The van der Waals surface area contributed by atoms with E-state index in [1.165, 1.54) is 4.88 Å². The molecule has 2 heterocycles. The molecule has 0 radical (unpaired) electrons. The lowest BCUT2D eigenvalue weighted by Crippen LogP contribution is -1.72. The van der Waals surface area contributed by atoms with Crippen LogP contribution in [0, 0.1) is 6.92 Å². The second kappa shape index (κ2) is 2.88. The van der Waals surface area contributed by atoms with Gasteiger partial charge in [0, 0.05) is 4.88 Å². The molecular formula is C7H6ClN3S. The zero-order chi connectivity index (χ0) is 8.55. The third-order valence-corrected chi connectivity index (χ3v) is 2.58. The van der Waals surface area contributed by atoms with E-state index in [9.17, 15) is 0 Å². The Bertz CT molecular complexity index is 355. The molecule has 2 rings (SSSR count). The first kappa shape index (κ1) is 7.76. The van der Waals surface area contributed by atoms with Crippen LogP contribution in [-0.4, -0.2) is 15.2 Å². The number of rotatable bonds is 1. The Hall–Kier alpha value is -0.870. The summed E-state index contributed by atoms with van der Waals surface area (Å²) in [6.07, 6.45) is 0. The zero-order valence-corrected chi connectivity index (χ0v) is 7.91. The minimum absolute atomic E-state index is 0.330. The lowest BCUT2D eigenvalue weighted by atomic mass is 10.4. The number of nitrogens with zero attached hydrogens (tertiary/aromatic N) is 2. The van der Waals surface area contributed by atoms with Crippen LogP contribution in [0.25, 0.3) is 10.7 Å². The third kappa shape index (κ3) is 1.35. The lowest BCUT2D eigenvalue weighted by molar-refractivity contribution is 1.10. The van der Waals surface area contributed by atoms with E-state index < -0.39 is 0 Å². The van der Waals surface area contributed by atoms with Gasteiger partial charge in [0.1, 0.15) is 0 Å². The van der Waals surface area contributed by atoms with Gasteiger partial charge in [-0.3, -0.25) is 0 Å². The maximum absolute atomic E-state index is 5.59. The highest BCUT2D eigenvalue weighted by Crippen LogP contribution is 2.24. The molecule has 12 heavy (non-hydrogen) atoms. The summed E-state index contributed by atoms with van der Waals surface area (Å²) in [5, 5.41) is 6.86. The molecule has 0 aromatic carbocycles. The van der Waals surface area contributed by atoms with Gasteiger partial charge < -0.3 is 0 Å². The minimum Gasteiger partial charge on any atom is -0.249 e. The molecule has 0 atom stereocenters. The van der Waals surface area contributed by atoms with E-state index in [-0.39, 0.29) is 0 Å². The molecule has 0 aliphatic rings. The van der Waals surface area contributed by atoms with Crippen LogP contribution < -0.4 is 0 Å². The molecule has 0 saturated heterocycles. The Morgan fingerprint density at radius 3 is 2.83 bits per heavy atom. The minimum atomic E-state index is 0.330. The quantitative estimate of drug-likeness (QED) is 0.767. The summed E-state index contributed by atoms with van der Waals surface area (Å²) in [6, 6.07) is 4.02. The molecule has 0 bridgehead atoms. The highest BCUT2D eigenvalue weighted by Gasteiger charge is 2.05. The summed E-state index contributed by atoms with van der Waals surface area (Å²) >= 11 is 7.24. The molecule has 1 N–H and O–H groups in total. The lowest BCUT2D eigenvalue weighted by Gasteiger charge is -1.83. The number of hydrogen-bond donors (Lipinski definition) is 1. The second-order valence-electron chi connectivity index (χ2n) is 2.36. The molecule has 2 aromatic rings. The summed E-state index contributed by atoms with van der Waals surface area (Å²) in [6.45, 7) is 2.04. The highest BCUT2D eigenvalue weighted by molar-refractivity contribution is 7.15. The maximum atomic E-state index is 5.59. The van der Waals surface area contributed by atoms with E-state index in [2.05, 4.69) is 15.2 Å². The number of thiophene rings is 1. The van der Waals surface area contributed by atoms with Crippen molar-refractivity contribution >= 4 is 22.9 Å². The topological polar surface area (TPSA) is 41.6 Å². The second-order valence-corrected chi connectivity index (χ2v) is 4.01. The molecule has 0 aliphatic carbocycles. The van der Waals surface area contributed by atoms with Crippen molar-refractivity contribution in [2.24, 2.45) is 0 Å². The van der Waals surface area contributed by atoms with Crippen molar-refractivity contribution in [2.75, 3.05) is 0 Å². The Kier molecular flexibility index (Phi) is 1.86. The molecule has 0 saturated carbocycles. The van der Waals surface area contributed by atoms with Crippen molar-refractivity contribution in [1.82, 2.24) is 15.2 Å². The molecule has 0 aliphatic heterocycles. The summed E-state index contributed by atoms with van der Waals surface area (Å²) in [7, 11) is 0. The Morgan fingerprint density at radius 1 is 1.50 bits per heavy atom. The smallest absolute Gasteiger partial charge is 0.218 e. The number of aryl methyl sites for hydroxylation is 1. The fourth-order valence-electron chi connectivity index (χ4n) is 0.907. The number of hydrogen-bond acceptors (Lipinski definition) is 3. The molecule has 62 valence electrons. The Morgan fingerprint density at radius 2 is 2.33 bits per heavy atom. The fourth-order valence-corrected chi connectivity index (χ4v) is 1.83. The number of halogens is 1. The SMILES string of the molecule is Cc1ccc(-c2n[nH]c(Cl)n2)s1. The van der Waals surface area contributed by atoms with Crippen LogP contribution in [0.5, 0.6) is 0 Å². The van der Waals surface area contributed by atoms with E-state index >= 15 is 0 Å². The largest absolute Gasteiger partial charge is 0.249 e. The summed E-state index contributed by atoms with van der Waals surface area (Å²) in [5.41, 5.74) is 0. The van der Waals surface area contributed by atoms with Crippen LogP contribution in [0.4, 0.5) is 0 Å². The Labute approximate surface area is 78.4 Å². The molecular weight excluding hydrogens is 194 g/mol. The van der Waals surface area contributed by atoms with E-state index in [1.807, 2.05) is 19.1 Å². The van der Waals surface area contributed by atoms with Crippen LogP contribution in [0.3, 0.4) is 0 Å². The molecule has 5 heteroatoms. The molecule has 0 amide bonds. The van der Waals surface area contributed by atoms with Gasteiger partial charge in [0.15, 0.2) is 5.82 Å². The number of nitrogens with one attached hydrogen (secondary N) is 1. The molecule has 0 spiro atoms. The van der Waals surface area contributed by atoms with Gasteiger partial charge >= 0.3 is 0 Å². The predicted octanol–water partition coefficient (Wildman–Crippen LogP) is 2.50. The van der Waals surface area contributed by atoms with Gasteiger partial charge in [-0.15, -0.1) is 11.3 Å². The number of aromatic nitrogens is 3. The van der Waals surface area contributed by atoms with Crippen LogP contribution in [0.2, 0.25) is 5.28 Å². The van der Waals surface area contributed by atoms with Crippen LogP contribution in [0.1, 0.15) is 4.88 Å². The van der Waals surface area contributed by atoms with Gasteiger partial charge in [-0.1, -0.05) is 0 Å². The van der Waals surface area contributed by atoms with Crippen molar-refractivity contribution in [3.8, 4) is 10.7 Å². The van der Waals surface area contributed by atoms with Crippen LogP contribution in [-0.2, 0) is 0 Å². The normalized spacial score (nSPS) is 10.5. The molecule has 0 fully saturated rings. The number of aromatic amines is 1. The Balaban J connectivity index is 2.43. The van der Waals surface area contributed by atoms with E-state index in [0.717, 1.165) is 4.88 Å². The van der Waals surface area contributed by atoms with Crippen molar-refractivity contribution < 1.29 is 0 Å².